The van der Waals surface area contributed by atoms with E-state index in [1.165, 1.54) is 38.9 Å². The van der Waals surface area contributed by atoms with Gasteiger partial charge in [0.05, 0.1) is 20.1 Å². The van der Waals surface area contributed by atoms with Gasteiger partial charge in [-0.1, -0.05) is 145 Å². The Morgan fingerprint density at radius 2 is 1.02 bits per heavy atom. The van der Waals surface area contributed by atoms with Crippen molar-refractivity contribution in [2.24, 2.45) is 5.73 Å². The molecule has 0 unspecified atom stereocenters. The van der Waals surface area contributed by atoms with Gasteiger partial charge in [0, 0.05) is 30.0 Å². The second-order valence-electron chi connectivity index (χ2n) is 12.3. The van der Waals surface area contributed by atoms with Crippen molar-refractivity contribution in [3.63, 3.8) is 0 Å². The molecule has 47 heavy (non-hydrogen) atoms. The molecule has 5 aromatic carbocycles. The van der Waals surface area contributed by atoms with Crippen LogP contribution in [0.2, 0.25) is 20.1 Å². The molecule has 6 heteroatoms. The SMILES string of the molecule is C.C[C@@H](N[C@@H]1CC[C@@H](c2ccc(Cl)c(Cl)c2)c2ccccc21)c1ccccc1.N[C@@H]1CC[C@@H](c2ccc(Cl)c(Cl)c2)c2ccccc21. The van der Waals surface area contributed by atoms with E-state index >= 15 is 0 Å². The van der Waals surface area contributed by atoms with Crippen molar-refractivity contribution in [1.82, 2.24) is 5.32 Å². The molecular weight excluding hydrogens is 662 g/mol. The van der Waals surface area contributed by atoms with Gasteiger partial charge in [0.25, 0.3) is 0 Å². The molecule has 244 valence electrons. The zero-order valence-electron chi connectivity index (χ0n) is 25.8. The summed E-state index contributed by atoms with van der Waals surface area (Å²) in [6.45, 7) is 2.24. The van der Waals surface area contributed by atoms with E-state index < -0.39 is 0 Å². The van der Waals surface area contributed by atoms with Gasteiger partial charge < -0.3 is 11.1 Å². The van der Waals surface area contributed by atoms with Gasteiger partial charge in [-0.25, -0.2) is 0 Å². The minimum absolute atomic E-state index is 0. The van der Waals surface area contributed by atoms with Crippen LogP contribution in [0, 0.1) is 0 Å². The van der Waals surface area contributed by atoms with E-state index in [0.29, 0.717) is 44.0 Å². The fourth-order valence-electron chi connectivity index (χ4n) is 7.08. The summed E-state index contributed by atoms with van der Waals surface area (Å²) in [7, 11) is 0. The molecule has 0 radical (unpaired) electrons. The molecule has 0 spiro atoms. The van der Waals surface area contributed by atoms with Gasteiger partial charge in [-0.15, -0.1) is 0 Å². The Kier molecular flexibility index (Phi) is 12.1. The summed E-state index contributed by atoms with van der Waals surface area (Å²) < 4.78 is 0. The first-order chi connectivity index (χ1) is 22.3. The molecule has 2 aliphatic carbocycles. The fourth-order valence-corrected chi connectivity index (χ4v) is 7.69. The topological polar surface area (TPSA) is 38.0 Å². The Morgan fingerprint density at radius 3 is 1.57 bits per heavy atom. The molecule has 2 nitrogen and oxygen atoms in total. The van der Waals surface area contributed by atoms with E-state index in [-0.39, 0.29) is 13.5 Å². The van der Waals surface area contributed by atoms with Crippen LogP contribution in [0.3, 0.4) is 0 Å². The highest BCUT2D eigenvalue weighted by molar-refractivity contribution is 6.42. The Morgan fingerprint density at radius 1 is 0.553 bits per heavy atom. The van der Waals surface area contributed by atoms with E-state index in [2.05, 4.69) is 103 Å². The first-order valence-electron chi connectivity index (χ1n) is 15.9. The summed E-state index contributed by atoms with van der Waals surface area (Å²) in [5, 5.41) is 6.30. The third-order valence-electron chi connectivity index (χ3n) is 9.47. The lowest BCUT2D eigenvalue weighted by atomic mass is 9.76. The van der Waals surface area contributed by atoms with Crippen molar-refractivity contribution in [2.45, 2.75) is 70.0 Å². The predicted octanol–water partition coefficient (Wildman–Crippen LogP) is 12.9. The molecule has 2 aliphatic rings. The Labute approximate surface area is 300 Å². The van der Waals surface area contributed by atoms with E-state index in [4.69, 9.17) is 52.1 Å². The number of halogens is 4. The van der Waals surface area contributed by atoms with Crippen LogP contribution in [0.25, 0.3) is 0 Å². The molecule has 0 saturated carbocycles. The first kappa shape index (κ1) is 35.5. The number of hydrogen-bond donors (Lipinski definition) is 2. The van der Waals surface area contributed by atoms with E-state index in [1.54, 1.807) is 0 Å². The van der Waals surface area contributed by atoms with Gasteiger partial charge >= 0.3 is 0 Å². The second-order valence-corrected chi connectivity index (χ2v) is 14.0. The van der Waals surface area contributed by atoms with Crippen molar-refractivity contribution in [1.29, 1.82) is 0 Å². The number of hydrogen-bond acceptors (Lipinski definition) is 2. The van der Waals surface area contributed by atoms with E-state index in [9.17, 15) is 0 Å². The van der Waals surface area contributed by atoms with Gasteiger partial charge in [0.2, 0.25) is 0 Å². The quantitative estimate of drug-likeness (QED) is 0.191. The lowest BCUT2D eigenvalue weighted by molar-refractivity contribution is 0.402. The van der Waals surface area contributed by atoms with Gasteiger partial charge in [-0.05, 0) is 95.8 Å². The van der Waals surface area contributed by atoms with Gasteiger partial charge in [0.1, 0.15) is 0 Å². The third-order valence-corrected chi connectivity index (χ3v) is 10.9. The molecule has 0 fully saturated rings. The molecule has 0 heterocycles. The van der Waals surface area contributed by atoms with Crippen molar-refractivity contribution < 1.29 is 0 Å². The standard InChI is InChI=1S/C24H23Cl2N.C16H15Cl2N.CH4/c1-16(17-7-3-2-4-8-17)27-24-14-12-19(20-9-5-6-10-21(20)24)18-11-13-22(25)23(26)15-18;17-14-7-5-10(9-15(14)18)11-6-8-16(19)13-4-2-1-3-12(11)13;/h2-11,13,15-16,19,24,27H,12,14H2,1H3;1-5,7,9,11,16H,6,8,19H2;1H4/t16-,19+,24-;11-,16+;/m10./s1. The van der Waals surface area contributed by atoms with E-state index in [1.807, 2.05) is 24.3 Å². The van der Waals surface area contributed by atoms with Gasteiger partial charge in [0.15, 0.2) is 0 Å². The summed E-state index contributed by atoms with van der Waals surface area (Å²) in [6.07, 6.45) is 4.24. The fraction of sp³-hybridized carbons (Fsp3) is 0.268. The molecule has 0 aromatic heterocycles. The van der Waals surface area contributed by atoms with Gasteiger partial charge in [-0.3, -0.25) is 0 Å². The summed E-state index contributed by atoms with van der Waals surface area (Å²) in [4.78, 5) is 0. The summed E-state index contributed by atoms with van der Waals surface area (Å²) in [6, 6.07) is 40.6. The highest BCUT2D eigenvalue weighted by Crippen LogP contribution is 2.44. The Balaban J connectivity index is 0.000000191. The lowest BCUT2D eigenvalue weighted by Crippen LogP contribution is -2.29. The van der Waals surface area contributed by atoms with Crippen LogP contribution in [0.1, 0.15) is 109 Å². The molecule has 5 aromatic rings. The summed E-state index contributed by atoms with van der Waals surface area (Å²) >= 11 is 24.5. The number of rotatable bonds is 5. The van der Waals surface area contributed by atoms with Crippen LogP contribution in [0.15, 0.2) is 115 Å². The zero-order chi connectivity index (χ0) is 32.2. The maximum Gasteiger partial charge on any atom is 0.0595 e. The zero-order valence-corrected chi connectivity index (χ0v) is 28.8. The normalized spacial score (nSPS) is 20.5. The molecule has 0 amide bonds. The minimum Gasteiger partial charge on any atom is -0.324 e. The van der Waals surface area contributed by atoms with Crippen LogP contribution in [-0.4, -0.2) is 0 Å². The third kappa shape index (κ3) is 8.08. The van der Waals surface area contributed by atoms with Gasteiger partial charge in [-0.2, -0.15) is 0 Å². The minimum atomic E-state index is 0. The smallest absolute Gasteiger partial charge is 0.0595 e. The molecule has 0 saturated heterocycles. The monoisotopic (exact) mass is 702 g/mol. The average Bonchev–Trinajstić information content (AvgIpc) is 3.08. The predicted molar refractivity (Wildman–Crippen MR) is 202 cm³/mol. The average molecular weight is 705 g/mol. The number of fused-ring (bicyclic) bond motifs is 2. The Bertz CT molecular complexity index is 1790. The van der Waals surface area contributed by atoms with Crippen LogP contribution in [0.5, 0.6) is 0 Å². The van der Waals surface area contributed by atoms with E-state index in [0.717, 1.165) is 25.7 Å². The van der Waals surface area contributed by atoms with Crippen molar-refractivity contribution in [3.05, 3.63) is 174 Å². The van der Waals surface area contributed by atoms with Crippen molar-refractivity contribution in [3.8, 4) is 0 Å². The highest BCUT2D eigenvalue weighted by Gasteiger charge is 2.29. The summed E-state index contributed by atoms with van der Waals surface area (Å²) in [5.41, 5.74) is 15.3. The van der Waals surface area contributed by atoms with Crippen LogP contribution < -0.4 is 11.1 Å². The highest BCUT2D eigenvalue weighted by atomic mass is 35.5. The van der Waals surface area contributed by atoms with Crippen molar-refractivity contribution >= 4 is 46.4 Å². The largest absolute Gasteiger partial charge is 0.324 e. The van der Waals surface area contributed by atoms with Crippen molar-refractivity contribution in [2.75, 3.05) is 0 Å². The number of benzene rings is 5. The van der Waals surface area contributed by atoms with Crippen LogP contribution >= 0.6 is 46.4 Å². The lowest BCUT2D eigenvalue weighted by Gasteiger charge is -2.34. The Hall–Kier alpha value is -2.82. The molecule has 7 rings (SSSR count). The first-order valence-corrected chi connectivity index (χ1v) is 17.5. The number of nitrogens with one attached hydrogen (secondary N) is 1. The summed E-state index contributed by atoms with van der Waals surface area (Å²) in [5.74, 6) is 0.729. The number of nitrogens with two attached hydrogens (primary N) is 1. The maximum absolute atomic E-state index is 6.28. The second kappa shape index (κ2) is 16.1. The molecule has 5 atom stereocenters. The molecular formula is C41H42Cl4N2. The maximum atomic E-state index is 6.28. The van der Waals surface area contributed by atoms with Crippen LogP contribution in [0.4, 0.5) is 0 Å². The van der Waals surface area contributed by atoms with Crippen LogP contribution in [-0.2, 0) is 0 Å². The molecule has 0 bridgehead atoms. The molecule has 3 N–H and O–H groups in total. The molecule has 0 aliphatic heterocycles.